The number of rotatable bonds is 4. The zero-order chi connectivity index (χ0) is 11.3. The molecular formula is C11H12ClIO2. The van der Waals surface area contributed by atoms with Crippen LogP contribution in [-0.2, 0) is 16.0 Å². The van der Waals surface area contributed by atoms with E-state index in [0.717, 1.165) is 14.2 Å². The third kappa shape index (κ3) is 3.99. The Morgan fingerprint density at radius 1 is 1.53 bits per heavy atom. The third-order valence-corrected chi connectivity index (χ3v) is 3.60. The number of ether oxygens (including phenoxy) is 1. The Morgan fingerprint density at radius 2 is 2.27 bits per heavy atom. The Kier molecular flexibility index (Phi) is 5.39. The number of aryl methyl sites for hydroxylation is 1. The molecule has 0 aromatic heterocycles. The topological polar surface area (TPSA) is 26.3 Å². The van der Waals surface area contributed by atoms with E-state index in [4.69, 9.17) is 16.3 Å². The number of carbonyl (C=O) groups excluding carboxylic acids is 1. The third-order valence-electron chi connectivity index (χ3n) is 1.94. The standard InChI is InChI=1S/C11H12ClIO2/c1-2-15-10(14)7-6-8-4-3-5-9(13)11(8)12/h3-5H,2,6-7H2,1H3. The summed E-state index contributed by atoms with van der Waals surface area (Å²) < 4.78 is 5.86. The number of benzene rings is 1. The number of hydrogen-bond acceptors (Lipinski definition) is 2. The largest absolute Gasteiger partial charge is 0.466 e. The van der Waals surface area contributed by atoms with E-state index < -0.39 is 0 Å². The van der Waals surface area contributed by atoms with E-state index in [2.05, 4.69) is 22.6 Å². The summed E-state index contributed by atoms with van der Waals surface area (Å²) in [6.07, 6.45) is 1.02. The lowest BCUT2D eigenvalue weighted by atomic mass is 10.1. The molecule has 0 aliphatic carbocycles. The maximum atomic E-state index is 11.1. The van der Waals surface area contributed by atoms with Crippen molar-refractivity contribution in [3.8, 4) is 0 Å². The molecule has 0 N–H and O–H groups in total. The van der Waals surface area contributed by atoms with Gasteiger partial charge < -0.3 is 4.74 Å². The summed E-state index contributed by atoms with van der Waals surface area (Å²) in [5.41, 5.74) is 0.997. The molecule has 82 valence electrons. The Hall–Kier alpha value is -0.290. The summed E-state index contributed by atoms with van der Waals surface area (Å²) in [5.74, 6) is -0.174. The van der Waals surface area contributed by atoms with Gasteiger partial charge in [-0.25, -0.2) is 0 Å². The first-order valence-electron chi connectivity index (χ1n) is 4.73. The first-order chi connectivity index (χ1) is 7.15. The van der Waals surface area contributed by atoms with Crippen molar-refractivity contribution in [3.63, 3.8) is 0 Å². The highest BCUT2D eigenvalue weighted by Crippen LogP contribution is 2.23. The predicted molar refractivity (Wildman–Crippen MR) is 69.1 cm³/mol. The van der Waals surface area contributed by atoms with Crippen LogP contribution in [0.1, 0.15) is 18.9 Å². The average molecular weight is 339 g/mol. The lowest BCUT2D eigenvalue weighted by molar-refractivity contribution is -0.143. The second-order valence-electron chi connectivity index (χ2n) is 3.02. The molecule has 0 aliphatic heterocycles. The lowest BCUT2D eigenvalue weighted by Gasteiger charge is -2.05. The van der Waals surface area contributed by atoms with Gasteiger partial charge in [-0.2, -0.15) is 0 Å². The SMILES string of the molecule is CCOC(=O)CCc1cccc(I)c1Cl. The van der Waals surface area contributed by atoms with Gasteiger partial charge in [0.15, 0.2) is 0 Å². The molecule has 0 saturated heterocycles. The van der Waals surface area contributed by atoms with E-state index >= 15 is 0 Å². The van der Waals surface area contributed by atoms with Crippen LogP contribution in [0.4, 0.5) is 0 Å². The van der Waals surface area contributed by atoms with Gasteiger partial charge in [-0.15, -0.1) is 0 Å². The number of carbonyl (C=O) groups is 1. The van der Waals surface area contributed by atoms with Gasteiger partial charge in [-0.3, -0.25) is 4.79 Å². The average Bonchev–Trinajstić information content (AvgIpc) is 2.21. The maximum Gasteiger partial charge on any atom is 0.306 e. The van der Waals surface area contributed by atoms with E-state index in [1.54, 1.807) is 6.92 Å². The molecule has 0 unspecified atom stereocenters. The van der Waals surface area contributed by atoms with Crippen molar-refractivity contribution < 1.29 is 9.53 Å². The smallest absolute Gasteiger partial charge is 0.306 e. The van der Waals surface area contributed by atoms with Gasteiger partial charge in [0.1, 0.15) is 0 Å². The molecular weight excluding hydrogens is 326 g/mol. The summed E-state index contributed by atoms with van der Waals surface area (Å²) in [4.78, 5) is 11.1. The summed E-state index contributed by atoms with van der Waals surface area (Å²) in [7, 11) is 0. The quantitative estimate of drug-likeness (QED) is 0.621. The van der Waals surface area contributed by atoms with Gasteiger partial charge in [0.25, 0.3) is 0 Å². The van der Waals surface area contributed by atoms with Gasteiger partial charge in [0, 0.05) is 9.99 Å². The second kappa shape index (κ2) is 6.33. The fraction of sp³-hybridized carbons (Fsp3) is 0.364. The molecule has 0 spiro atoms. The molecule has 0 saturated carbocycles. The van der Waals surface area contributed by atoms with Gasteiger partial charge in [0.05, 0.1) is 11.6 Å². The minimum atomic E-state index is -0.174. The Balaban J connectivity index is 2.58. The molecule has 0 atom stereocenters. The summed E-state index contributed by atoms with van der Waals surface area (Å²) >= 11 is 8.27. The Bertz CT molecular complexity index is 352. The molecule has 0 heterocycles. The molecule has 4 heteroatoms. The van der Waals surface area contributed by atoms with Crippen LogP contribution < -0.4 is 0 Å². The summed E-state index contributed by atoms with van der Waals surface area (Å²) in [5, 5.41) is 0.738. The van der Waals surface area contributed by atoms with Gasteiger partial charge in [-0.05, 0) is 47.6 Å². The molecule has 0 amide bonds. The van der Waals surface area contributed by atoms with E-state index in [0.29, 0.717) is 19.4 Å². The van der Waals surface area contributed by atoms with Crippen LogP contribution in [0, 0.1) is 3.57 Å². The Labute approximate surface area is 108 Å². The first-order valence-corrected chi connectivity index (χ1v) is 6.19. The van der Waals surface area contributed by atoms with Crippen LogP contribution in [0.5, 0.6) is 0 Å². The minimum absolute atomic E-state index is 0.174. The molecule has 1 aromatic carbocycles. The molecule has 0 aliphatic rings. The molecule has 15 heavy (non-hydrogen) atoms. The van der Waals surface area contributed by atoms with Crippen molar-refractivity contribution in [1.82, 2.24) is 0 Å². The van der Waals surface area contributed by atoms with Crippen LogP contribution in [0.25, 0.3) is 0 Å². The van der Waals surface area contributed by atoms with Crippen LogP contribution in [0.3, 0.4) is 0 Å². The molecule has 2 nitrogen and oxygen atoms in total. The lowest BCUT2D eigenvalue weighted by Crippen LogP contribution is -2.05. The Morgan fingerprint density at radius 3 is 2.93 bits per heavy atom. The maximum absolute atomic E-state index is 11.1. The van der Waals surface area contributed by atoms with Crippen molar-refractivity contribution in [2.24, 2.45) is 0 Å². The minimum Gasteiger partial charge on any atom is -0.466 e. The predicted octanol–water partition coefficient (Wildman–Crippen LogP) is 3.44. The van der Waals surface area contributed by atoms with E-state index in [1.807, 2.05) is 18.2 Å². The van der Waals surface area contributed by atoms with Crippen molar-refractivity contribution >= 4 is 40.2 Å². The van der Waals surface area contributed by atoms with Crippen molar-refractivity contribution in [2.75, 3.05) is 6.61 Å². The zero-order valence-electron chi connectivity index (χ0n) is 8.43. The first kappa shape index (κ1) is 12.8. The molecule has 0 fully saturated rings. The monoisotopic (exact) mass is 338 g/mol. The van der Waals surface area contributed by atoms with Crippen LogP contribution >= 0.6 is 34.2 Å². The molecule has 1 aromatic rings. The van der Waals surface area contributed by atoms with E-state index in [9.17, 15) is 4.79 Å². The van der Waals surface area contributed by atoms with Crippen LogP contribution in [0.2, 0.25) is 5.02 Å². The van der Waals surface area contributed by atoms with Gasteiger partial charge in [0.2, 0.25) is 0 Å². The van der Waals surface area contributed by atoms with Crippen molar-refractivity contribution in [1.29, 1.82) is 0 Å². The van der Waals surface area contributed by atoms with Crippen LogP contribution in [0.15, 0.2) is 18.2 Å². The summed E-state index contributed by atoms with van der Waals surface area (Å²) in [6, 6.07) is 5.81. The fourth-order valence-corrected chi connectivity index (χ4v) is 1.99. The number of esters is 1. The van der Waals surface area contributed by atoms with Crippen LogP contribution in [-0.4, -0.2) is 12.6 Å². The highest BCUT2D eigenvalue weighted by atomic mass is 127. The van der Waals surface area contributed by atoms with Crippen molar-refractivity contribution in [3.05, 3.63) is 32.4 Å². The normalized spacial score (nSPS) is 10.1. The molecule has 1 rings (SSSR count). The second-order valence-corrected chi connectivity index (χ2v) is 4.56. The van der Waals surface area contributed by atoms with Gasteiger partial charge in [-0.1, -0.05) is 23.7 Å². The molecule has 0 radical (unpaired) electrons. The van der Waals surface area contributed by atoms with E-state index in [-0.39, 0.29) is 5.97 Å². The fourth-order valence-electron chi connectivity index (χ4n) is 1.21. The summed E-state index contributed by atoms with van der Waals surface area (Å²) in [6.45, 7) is 2.23. The number of halogens is 2. The van der Waals surface area contributed by atoms with Crippen molar-refractivity contribution in [2.45, 2.75) is 19.8 Å². The molecule has 0 bridgehead atoms. The highest BCUT2D eigenvalue weighted by Gasteiger charge is 2.07. The zero-order valence-corrected chi connectivity index (χ0v) is 11.3. The number of hydrogen-bond donors (Lipinski definition) is 0. The highest BCUT2D eigenvalue weighted by molar-refractivity contribution is 14.1. The van der Waals surface area contributed by atoms with Gasteiger partial charge >= 0.3 is 5.97 Å². The van der Waals surface area contributed by atoms with E-state index in [1.165, 1.54) is 0 Å².